The van der Waals surface area contributed by atoms with Crippen molar-refractivity contribution in [3.05, 3.63) is 51.4 Å². The highest BCUT2D eigenvalue weighted by Crippen LogP contribution is 2.40. The molecule has 0 saturated heterocycles. The molecule has 0 unspecified atom stereocenters. The molecule has 1 fully saturated rings. The van der Waals surface area contributed by atoms with Crippen molar-refractivity contribution in [3.8, 4) is 11.4 Å². The summed E-state index contributed by atoms with van der Waals surface area (Å²) >= 11 is 0. The van der Waals surface area contributed by atoms with Gasteiger partial charge in [-0.3, -0.25) is 4.79 Å². The van der Waals surface area contributed by atoms with Gasteiger partial charge in [0, 0.05) is 11.1 Å². The summed E-state index contributed by atoms with van der Waals surface area (Å²) in [5, 5.41) is 0. The number of nitrogens with one attached hydrogen (secondary N) is 1. The van der Waals surface area contributed by atoms with Crippen molar-refractivity contribution in [2.75, 3.05) is 0 Å². The molecule has 0 amide bonds. The van der Waals surface area contributed by atoms with E-state index in [4.69, 9.17) is 0 Å². The van der Waals surface area contributed by atoms with Gasteiger partial charge in [0.1, 0.15) is 5.82 Å². The van der Waals surface area contributed by atoms with Crippen molar-refractivity contribution in [2.24, 2.45) is 0 Å². The number of aromatic nitrogens is 2. The van der Waals surface area contributed by atoms with Crippen LogP contribution < -0.4 is 5.56 Å². The third-order valence-electron chi connectivity index (χ3n) is 4.17. The summed E-state index contributed by atoms with van der Waals surface area (Å²) in [5.41, 5.74) is 4.34. The summed E-state index contributed by atoms with van der Waals surface area (Å²) in [4.78, 5) is 19.5. The first kappa shape index (κ1) is 11.0. The lowest BCUT2D eigenvalue weighted by atomic mass is 10.1. The van der Waals surface area contributed by atoms with Gasteiger partial charge in [-0.25, -0.2) is 4.98 Å². The molecule has 19 heavy (non-hydrogen) atoms. The molecule has 2 aromatic rings. The second kappa shape index (κ2) is 4.05. The van der Waals surface area contributed by atoms with Crippen LogP contribution in [0.25, 0.3) is 11.4 Å². The van der Waals surface area contributed by atoms with Gasteiger partial charge >= 0.3 is 0 Å². The van der Waals surface area contributed by atoms with Crippen LogP contribution in [0, 0.1) is 0 Å². The Bertz CT molecular complexity index is 681. The fourth-order valence-electron chi connectivity index (χ4n) is 2.91. The standard InChI is InChI=1S/C16H16N2O/c19-16-13-2-1-3-14(13)17-15(18-16)12-8-6-11(7-9-12)10-4-5-10/h6-10H,1-5H2,(H,17,18,19). The first-order valence-corrected chi connectivity index (χ1v) is 7.03. The van der Waals surface area contributed by atoms with Crippen molar-refractivity contribution in [1.29, 1.82) is 0 Å². The molecule has 2 aliphatic carbocycles. The Balaban J connectivity index is 1.75. The lowest BCUT2D eigenvalue weighted by Gasteiger charge is -2.05. The van der Waals surface area contributed by atoms with Gasteiger partial charge < -0.3 is 4.98 Å². The monoisotopic (exact) mass is 252 g/mol. The van der Waals surface area contributed by atoms with Gasteiger partial charge in [-0.05, 0) is 43.6 Å². The molecule has 1 aromatic heterocycles. The zero-order valence-corrected chi connectivity index (χ0v) is 10.8. The Hall–Kier alpha value is -1.90. The smallest absolute Gasteiger partial charge is 0.254 e. The van der Waals surface area contributed by atoms with Crippen LogP contribution in [0.5, 0.6) is 0 Å². The Kier molecular flexibility index (Phi) is 2.34. The summed E-state index contributed by atoms with van der Waals surface area (Å²) in [6.07, 6.45) is 5.49. The highest BCUT2D eigenvalue weighted by atomic mass is 16.1. The van der Waals surface area contributed by atoms with Crippen LogP contribution in [-0.2, 0) is 12.8 Å². The van der Waals surface area contributed by atoms with Crippen molar-refractivity contribution in [1.82, 2.24) is 9.97 Å². The highest BCUT2D eigenvalue weighted by Gasteiger charge is 2.23. The Labute approximate surface area is 111 Å². The normalized spacial score (nSPS) is 17.5. The van der Waals surface area contributed by atoms with Gasteiger partial charge in [0.25, 0.3) is 5.56 Å². The SMILES string of the molecule is O=c1[nH]c(-c2ccc(C3CC3)cc2)nc2c1CCC2. The maximum Gasteiger partial charge on any atom is 0.254 e. The molecule has 1 saturated carbocycles. The van der Waals surface area contributed by atoms with Gasteiger partial charge in [0.2, 0.25) is 0 Å². The van der Waals surface area contributed by atoms with E-state index in [-0.39, 0.29) is 5.56 Å². The van der Waals surface area contributed by atoms with Crippen LogP contribution in [0.3, 0.4) is 0 Å². The molecule has 0 atom stereocenters. The summed E-state index contributed by atoms with van der Waals surface area (Å²) in [6.45, 7) is 0. The number of rotatable bonds is 2. The molecule has 3 nitrogen and oxygen atoms in total. The zero-order chi connectivity index (χ0) is 12.8. The number of fused-ring (bicyclic) bond motifs is 1. The van der Waals surface area contributed by atoms with Gasteiger partial charge in [0.15, 0.2) is 0 Å². The third kappa shape index (κ3) is 1.89. The van der Waals surface area contributed by atoms with Crippen molar-refractivity contribution in [2.45, 2.75) is 38.0 Å². The average molecular weight is 252 g/mol. The van der Waals surface area contributed by atoms with Crippen molar-refractivity contribution >= 4 is 0 Å². The quantitative estimate of drug-likeness (QED) is 0.893. The average Bonchev–Trinajstić information content (AvgIpc) is 3.17. The van der Waals surface area contributed by atoms with Crippen LogP contribution in [0.4, 0.5) is 0 Å². The fourth-order valence-corrected chi connectivity index (χ4v) is 2.91. The summed E-state index contributed by atoms with van der Waals surface area (Å²) in [6, 6.07) is 8.49. The highest BCUT2D eigenvalue weighted by molar-refractivity contribution is 5.56. The largest absolute Gasteiger partial charge is 0.306 e. The molecular weight excluding hydrogens is 236 g/mol. The second-order valence-corrected chi connectivity index (χ2v) is 5.59. The van der Waals surface area contributed by atoms with Crippen LogP contribution in [0.1, 0.15) is 42.0 Å². The van der Waals surface area contributed by atoms with E-state index < -0.39 is 0 Å². The van der Waals surface area contributed by atoms with E-state index in [9.17, 15) is 4.79 Å². The molecule has 96 valence electrons. The molecule has 4 rings (SSSR count). The molecular formula is C16H16N2O. The van der Waals surface area contributed by atoms with E-state index >= 15 is 0 Å². The molecule has 1 heterocycles. The lowest BCUT2D eigenvalue weighted by Crippen LogP contribution is -2.15. The maximum absolute atomic E-state index is 12.0. The fraction of sp³-hybridized carbons (Fsp3) is 0.375. The molecule has 0 aliphatic heterocycles. The van der Waals surface area contributed by atoms with Crippen LogP contribution >= 0.6 is 0 Å². The van der Waals surface area contributed by atoms with Crippen molar-refractivity contribution in [3.63, 3.8) is 0 Å². The molecule has 1 aromatic carbocycles. The Morgan fingerprint density at radius 1 is 1.11 bits per heavy atom. The predicted octanol–water partition coefficient (Wildman–Crippen LogP) is 2.80. The summed E-state index contributed by atoms with van der Waals surface area (Å²) in [7, 11) is 0. The van der Waals surface area contributed by atoms with Crippen LogP contribution in [0.15, 0.2) is 29.1 Å². The molecule has 0 radical (unpaired) electrons. The molecule has 2 aliphatic rings. The van der Waals surface area contributed by atoms with E-state index in [1.807, 2.05) is 0 Å². The topological polar surface area (TPSA) is 45.8 Å². The van der Waals surface area contributed by atoms with Gasteiger partial charge in [0.05, 0.1) is 5.69 Å². The minimum Gasteiger partial charge on any atom is -0.306 e. The van der Waals surface area contributed by atoms with Gasteiger partial charge in [-0.2, -0.15) is 0 Å². The first-order chi connectivity index (χ1) is 9.31. The van der Waals surface area contributed by atoms with E-state index in [2.05, 4.69) is 34.2 Å². The third-order valence-corrected chi connectivity index (χ3v) is 4.17. The minimum absolute atomic E-state index is 0.0452. The van der Waals surface area contributed by atoms with Gasteiger partial charge in [-0.15, -0.1) is 0 Å². The molecule has 0 spiro atoms. The van der Waals surface area contributed by atoms with E-state index in [1.54, 1.807) is 0 Å². The van der Waals surface area contributed by atoms with Crippen molar-refractivity contribution < 1.29 is 0 Å². The minimum atomic E-state index is 0.0452. The molecule has 0 bridgehead atoms. The van der Waals surface area contributed by atoms with Crippen LogP contribution in [0.2, 0.25) is 0 Å². The maximum atomic E-state index is 12.0. The van der Waals surface area contributed by atoms with E-state index in [0.717, 1.165) is 42.0 Å². The predicted molar refractivity (Wildman–Crippen MR) is 74.3 cm³/mol. The number of nitrogens with zero attached hydrogens (tertiary/aromatic N) is 1. The zero-order valence-electron chi connectivity index (χ0n) is 10.8. The Morgan fingerprint density at radius 3 is 2.63 bits per heavy atom. The number of aromatic amines is 1. The molecule has 3 heteroatoms. The first-order valence-electron chi connectivity index (χ1n) is 7.03. The Morgan fingerprint density at radius 2 is 1.89 bits per heavy atom. The summed E-state index contributed by atoms with van der Waals surface area (Å²) < 4.78 is 0. The number of benzene rings is 1. The lowest BCUT2D eigenvalue weighted by molar-refractivity contribution is 0.899. The van der Waals surface area contributed by atoms with Crippen LogP contribution in [-0.4, -0.2) is 9.97 Å². The van der Waals surface area contributed by atoms with E-state index in [1.165, 1.54) is 18.4 Å². The van der Waals surface area contributed by atoms with E-state index in [0.29, 0.717) is 5.82 Å². The number of aryl methyl sites for hydroxylation is 1. The second-order valence-electron chi connectivity index (χ2n) is 5.59. The summed E-state index contributed by atoms with van der Waals surface area (Å²) in [5.74, 6) is 1.48. The number of hydrogen-bond donors (Lipinski definition) is 1. The number of H-pyrrole nitrogens is 1. The number of hydrogen-bond acceptors (Lipinski definition) is 2. The van der Waals surface area contributed by atoms with Gasteiger partial charge in [-0.1, -0.05) is 24.3 Å². The molecule has 1 N–H and O–H groups in total.